The second-order valence-corrected chi connectivity index (χ2v) is 6.88. The van der Waals surface area contributed by atoms with E-state index in [1.54, 1.807) is 0 Å². The molecule has 1 unspecified atom stereocenters. The van der Waals surface area contributed by atoms with Crippen molar-refractivity contribution in [3.8, 4) is 0 Å². The smallest absolute Gasteiger partial charge is 0.410 e. The topological polar surface area (TPSA) is 55.6 Å². The van der Waals surface area contributed by atoms with E-state index in [1.807, 2.05) is 37.8 Å². The Bertz CT molecular complexity index is 520. The summed E-state index contributed by atoms with van der Waals surface area (Å²) in [4.78, 5) is 14.0. The zero-order valence-corrected chi connectivity index (χ0v) is 13.5. The third kappa shape index (κ3) is 4.13. The number of benzene rings is 1. The molecule has 1 amide bonds. The van der Waals surface area contributed by atoms with Gasteiger partial charge in [-0.15, -0.1) is 0 Å². The van der Waals surface area contributed by atoms with Gasteiger partial charge in [-0.25, -0.2) is 4.79 Å². The molecule has 2 N–H and O–H groups in total. The predicted octanol–water partition coefficient (Wildman–Crippen LogP) is 3.69. The lowest BCUT2D eigenvalue weighted by atomic mass is 9.88. The van der Waals surface area contributed by atoms with Gasteiger partial charge in [0, 0.05) is 24.7 Å². The molecule has 1 heterocycles. The molecule has 0 aliphatic carbocycles. The highest BCUT2D eigenvalue weighted by Gasteiger charge is 2.28. The molecule has 1 fully saturated rings. The van der Waals surface area contributed by atoms with Gasteiger partial charge in [0.1, 0.15) is 5.60 Å². The Hall–Kier alpha value is -1.71. The Balaban J connectivity index is 2.08. The van der Waals surface area contributed by atoms with E-state index in [4.69, 9.17) is 10.5 Å². The van der Waals surface area contributed by atoms with Gasteiger partial charge in [-0.1, -0.05) is 6.07 Å². The van der Waals surface area contributed by atoms with Crippen molar-refractivity contribution in [1.82, 2.24) is 4.90 Å². The molecule has 4 heteroatoms. The Morgan fingerprint density at radius 3 is 2.71 bits per heavy atom. The van der Waals surface area contributed by atoms with Gasteiger partial charge in [0.15, 0.2) is 0 Å². The number of carbonyl (C=O) groups is 1. The fraction of sp³-hybridized carbons (Fsp3) is 0.588. The quantitative estimate of drug-likeness (QED) is 0.802. The number of rotatable bonds is 1. The second-order valence-electron chi connectivity index (χ2n) is 6.88. The summed E-state index contributed by atoms with van der Waals surface area (Å²) < 4.78 is 5.48. The summed E-state index contributed by atoms with van der Waals surface area (Å²) in [5.41, 5.74) is 8.65. The molecule has 0 bridgehead atoms. The number of hydrogen-bond donors (Lipinski definition) is 1. The molecule has 1 aromatic carbocycles. The summed E-state index contributed by atoms with van der Waals surface area (Å²) in [6.45, 7) is 9.28. The van der Waals surface area contributed by atoms with E-state index in [2.05, 4.69) is 13.0 Å². The Morgan fingerprint density at radius 2 is 2.10 bits per heavy atom. The number of anilines is 1. The molecule has 0 radical (unpaired) electrons. The van der Waals surface area contributed by atoms with Crippen LogP contribution in [0.4, 0.5) is 10.5 Å². The first kappa shape index (κ1) is 15.7. The molecule has 4 nitrogen and oxygen atoms in total. The molecule has 0 saturated carbocycles. The molecule has 1 saturated heterocycles. The van der Waals surface area contributed by atoms with Crippen molar-refractivity contribution >= 4 is 11.8 Å². The molecule has 0 spiro atoms. The van der Waals surface area contributed by atoms with Gasteiger partial charge < -0.3 is 15.4 Å². The molecule has 1 atom stereocenters. The summed E-state index contributed by atoms with van der Waals surface area (Å²) in [7, 11) is 0. The van der Waals surface area contributed by atoms with E-state index >= 15 is 0 Å². The summed E-state index contributed by atoms with van der Waals surface area (Å²) in [6.07, 6.45) is 1.90. The Morgan fingerprint density at radius 1 is 1.38 bits per heavy atom. The zero-order chi connectivity index (χ0) is 15.6. The molecular weight excluding hydrogens is 264 g/mol. The highest BCUT2D eigenvalue weighted by atomic mass is 16.6. The van der Waals surface area contributed by atoms with E-state index in [0.717, 1.165) is 31.6 Å². The summed E-state index contributed by atoms with van der Waals surface area (Å²) in [5.74, 6) is 0.367. The second kappa shape index (κ2) is 5.96. The maximum atomic E-state index is 12.2. The van der Waals surface area contributed by atoms with Gasteiger partial charge in [0.25, 0.3) is 0 Å². The molecule has 116 valence electrons. The van der Waals surface area contributed by atoms with E-state index in [-0.39, 0.29) is 6.09 Å². The highest BCUT2D eigenvalue weighted by molar-refractivity contribution is 5.68. The van der Waals surface area contributed by atoms with Crippen molar-refractivity contribution in [2.75, 3.05) is 18.8 Å². The van der Waals surface area contributed by atoms with Gasteiger partial charge in [-0.05, 0) is 63.8 Å². The first-order chi connectivity index (χ1) is 9.76. The van der Waals surface area contributed by atoms with Crippen LogP contribution in [0.3, 0.4) is 0 Å². The van der Waals surface area contributed by atoms with Gasteiger partial charge in [-0.3, -0.25) is 0 Å². The molecule has 21 heavy (non-hydrogen) atoms. The van der Waals surface area contributed by atoms with Crippen LogP contribution < -0.4 is 5.73 Å². The third-order valence-electron chi connectivity index (χ3n) is 3.81. The van der Waals surface area contributed by atoms with Crippen LogP contribution in [0, 0.1) is 6.92 Å². The fourth-order valence-electron chi connectivity index (χ4n) is 2.88. The number of piperidine rings is 1. The van der Waals surface area contributed by atoms with E-state index < -0.39 is 5.60 Å². The van der Waals surface area contributed by atoms with E-state index in [0.29, 0.717) is 5.92 Å². The van der Waals surface area contributed by atoms with Crippen molar-refractivity contribution in [2.45, 2.75) is 52.1 Å². The fourth-order valence-corrected chi connectivity index (χ4v) is 2.88. The van der Waals surface area contributed by atoms with Gasteiger partial charge in [0.05, 0.1) is 0 Å². The summed E-state index contributed by atoms with van der Waals surface area (Å²) in [6, 6.07) is 6.03. The molecule has 0 aromatic heterocycles. The Kier molecular flexibility index (Phi) is 4.45. The number of nitrogen functional groups attached to an aromatic ring is 1. The number of nitrogens with two attached hydrogens (primary N) is 1. The number of amides is 1. The lowest BCUT2D eigenvalue weighted by Gasteiger charge is -2.34. The maximum absolute atomic E-state index is 12.2. The van der Waals surface area contributed by atoms with Crippen LogP contribution >= 0.6 is 0 Å². The van der Waals surface area contributed by atoms with Crippen molar-refractivity contribution in [3.63, 3.8) is 0 Å². The average Bonchev–Trinajstić information content (AvgIpc) is 2.37. The lowest BCUT2D eigenvalue weighted by molar-refractivity contribution is 0.0198. The van der Waals surface area contributed by atoms with Crippen LogP contribution in [0.1, 0.15) is 50.7 Å². The standard InChI is InChI=1S/C17H26N2O2/c1-12-10-14(18)7-8-15(12)13-6-5-9-19(11-13)16(20)21-17(2,3)4/h7-8,10,13H,5-6,9,11,18H2,1-4H3. The number of ether oxygens (including phenoxy) is 1. The number of likely N-dealkylation sites (tertiary alicyclic amines) is 1. The normalized spacial score (nSPS) is 19.4. The SMILES string of the molecule is Cc1cc(N)ccc1C1CCCN(C(=O)OC(C)(C)C)C1. The van der Waals surface area contributed by atoms with Crippen LogP contribution in [-0.2, 0) is 4.74 Å². The number of nitrogens with zero attached hydrogens (tertiary/aromatic N) is 1. The minimum absolute atomic E-state index is 0.208. The molecule has 2 rings (SSSR count). The number of carbonyl (C=O) groups excluding carboxylic acids is 1. The largest absolute Gasteiger partial charge is 0.444 e. The predicted molar refractivity (Wildman–Crippen MR) is 85.4 cm³/mol. The zero-order valence-electron chi connectivity index (χ0n) is 13.5. The van der Waals surface area contributed by atoms with Gasteiger partial charge in [-0.2, -0.15) is 0 Å². The van der Waals surface area contributed by atoms with Crippen LogP contribution in [0.2, 0.25) is 0 Å². The van der Waals surface area contributed by atoms with Crippen molar-refractivity contribution in [3.05, 3.63) is 29.3 Å². The Labute approximate surface area is 127 Å². The highest BCUT2D eigenvalue weighted by Crippen LogP contribution is 2.30. The lowest BCUT2D eigenvalue weighted by Crippen LogP contribution is -2.42. The van der Waals surface area contributed by atoms with Crippen LogP contribution in [-0.4, -0.2) is 29.7 Å². The van der Waals surface area contributed by atoms with Gasteiger partial charge >= 0.3 is 6.09 Å². The monoisotopic (exact) mass is 290 g/mol. The van der Waals surface area contributed by atoms with Crippen LogP contribution in [0.5, 0.6) is 0 Å². The van der Waals surface area contributed by atoms with Crippen molar-refractivity contribution in [2.24, 2.45) is 0 Å². The van der Waals surface area contributed by atoms with E-state index in [1.165, 1.54) is 11.1 Å². The van der Waals surface area contributed by atoms with Crippen molar-refractivity contribution in [1.29, 1.82) is 0 Å². The summed E-state index contributed by atoms with van der Waals surface area (Å²) in [5, 5.41) is 0. The first-order valence-electron chi connectivity index (χ1n) is 7.60. The van der Waals surface area contributed by atoms with Crippen molar-refractivity contribution < 1.29 is 9.53 Å². The van der Waals surface area contributed by atoms with Crippen LogP contribution in [0.25, 0.3) is 0 Å². The minimum Gasteiger partial charge on any atom is -0.444 e. The summed E-state index contributed by atoms with van der Waals surface area (Å²) >= 11 is 0. The van der Waals surface area contributed by atoms with Crippen LogP contribution in [0.15, 0.2) is 18.2 Å². The minimum atomic E-state index is -0.443. The third-order valence-corrected chi connectivity index (χ3v) is 3.81. The first-order valence-corrected chi connectivity index (χ1v) is 7.60. The van der Waals surface area contributed by atoms with Gasteiger partial charge in [0.2, 0.25) is 0 Å². The molecular formula is C17H26N2O2. The average molecular weight is 290 g/mol. The number of aryl methyl sites for hydroxylation is 1. The maximum Gasteiger partial charge on any atom is 0.410 e. The van der Waals surface area contributed by atoms with E-state index in [9.17, 15) is 4.79 Å². The number of hydrogen-bond acceptors (Lipinski definition) is 3. The molecule has 1 aromatic rings. The molecule has 1 aliphatic heterocycles. The molecule has 1 aliphatic rings.